The molecule has 0 bridgehead atoms. The third kappa shape index (κ3) is 2.11. The van der Waals surface area contributed by atoms with Crippen LogP contribution in [-0.2, 0) is 0 Å². The van der Waals surface area contributed by atoms with Gasteiger partial charge >= 0.3 is 5.69 Å². The summed E-state index contributed by atoms with van der Waals surface area (Å²) in [6, 6.07) is 0. The second-order valence-electron chi connectivity index (χ2n) is 4.60. The van der Waals surface area contributed by atoms with E-state index in [0.29, 0.717) is 5.56 Å². The van der Waals surface area contributed by atoms with Crippen molar-refractivity contribution in [2.45, 2.75) is 31.6 Å². The van der Waals surface area contributed by atoms with E-state index in [0.717, 1.165) is 30.4 Å². The second-order valence-corrected chi connectivity index (χ2v) is 4.98. The maximum Gasteiger partial charge on any atom is 0.348 e. The van der Waals surface area contributed by atoms with Gasteiger partial charge in [-0.25, -0.2) is 4.79 Å². The number of rotatable bonds is 2. The average molecular weight is 258 g/mol. The molecule has 1 aromatic heterocycles. The van der Waals surface area contributed by atoms with Crippen molar-refractivity contribution in [2.75, 3.05) is 19.1 Å². The van der Waals surface area contributed by atoms with Gasteiger partial charge in [0.15, 0.2) is 0 Å². The lowest BCUT2D eigenvalue weighted by molar-refractivity contribution is 0.615. The normalized spacial score (nSPS) is 16.4. The van der Waals surface area contributed by atoms with E-state index >= 15 is 0 Å². The predicted molar refractivity (Wildman–Crippen MR) is 67.6 cm³/mol. The maximum atomic E-state index is 12.3. The van der Waals surface area contributed by atoms with Gasteiger partial charge in [0, 0.05) is 14.1 Å². The van der Waals surface area contributed by atoms with E-state index in [2.05, 4.69) is 4.98 Å². The minimum Gasteiger partial charge on any atom is -0.312 e. The first-order valence-corrected chi connectivity index (χ1v) is 6.12. The van der Waals surface area contributed by atoms with Crippen molar-refractivity contribution in [1.29, 1.82) is 0 Å². The van der Waals surface area contributed by atoms with Crippen LogP contribution < -0.4 is 16.3 Å². The zero-order valence-corrected chi connectivity index (χ0v) is 10.8. The van der Waals surface area contributed by atoms with Crippen molar-refractivity contribution < 1.29 is 0 Å². The molecule has 1 saturated carbocycles. The number of hydrogen-bond acceptors (Lipinski definition) is 3. The molecule has 0 amide bonds. The quantitative estimate of drug-likeness (QED) is 0.806. The Bertz CT molecular complexity index is 526. The highest BCUT2D eigenvalue weighted by Gasteiger charge is 2.25. The van der Waals surface area contributed by atoms with Gasteiger partial charge in [-0.1, -0.05) is 24.4 Å². The van der Waals surface area contributed by atoms with Crippen LogP contribution in [0.1, 0.15) is 37.2 Å². The maximum absolute atomic E-state index is 12.3. The van der Waals surface area contributed by atoms with Crippen molar-refractivity contribution in [3.63, 3.8) is 0 Å². The third-order valence-electron chi connectivity index (χ3n) is 3.23. The molecular formula is C11H16ClN3O2. The highest BCUT2D eigenvalue weighted by atomic mass is 35.5. The van der Waals surface area contributed by atoms with Crippen molar-refractivity contribution in [2.24, 2.45) is 0 Å². The van der Waals surface area contributed by atoms with E-state index in [1.165, 1.54) is 5.01 Å². The molecule has 1 aliphatic carbocycles. The number of aromatic nitrogens is 2. The molecule has 0 spiro atoms. The Labute approximate surface area is 104 Å². The summed E-state index contributed by atoms with van der Waals surface area (Å²) in [7, 11) is 3.31. The molecule has 1 N–H and O–H groups in total. The summed E-state index contributed by atoms with van der Waals surface area (Å²) in [6.07, 6.45) is 4.16. The number of aromatic amines is 1. The Kier molecular flexibility index (Phi) is 3.28. The molecule has 1 aliphatic rings. The largest absolute Gasteiger partial charge is 0.348 e. The van der Waals surface area contributed by atoms with Crippen molar-refractivity contribution >= 4 is 11.6 Å². The number of H-pyrrole nitrogens is 1. The van der Waals surface area contributed by atoms with Crippen molar-refractivity contribution in [1.82, 2.24) is 9.66 Å². The fourth-order valence-electron chi connectivity index (χ4n) is 2.45. The average Bonchev–Trinajstić information content (AvgIpc) is 2.69. The van der Waals surface area contributed by atoms with Crippen LogP contribution in [0.4, 0.5) is 0 Å². The zero-order valence-electron chi connectivity index (χ0n) is 9.99. The molecule has 6 heteroatoms. The molecule has 17 heavy (non-hydrogen) atoms. The third-order valence-corrected chi connectivity index (χ3v) is 3.53. The minimum absolute atomic E-state index is 0.179. The Morgan fingerprint density at radius 2 is 1.88 bits per heavy atom. The Morgan fingerprint density at radius 3 is 2.41 bits per heavy atom. The second kappa shape index (κ2) is 4.56. The van der Waals surface area contributed by atoms with Crippen molar-refractivity contribution in [3.05, 3.63) is 31.6 Å². The van der Waals surface area contributed by atoms with E-state index < -0.39 is 5.69 Å². The van der Waals surface area contributed by atoms with Gasteiger partial charge in [0.05, 0.1) is 5.56 Å². The van der Waals surface area contributed by atoms with Crippen LogP contribution in [-0.4, -0.2) is 23.8 Å². The van der Waals surface area contributed by atoms with Crippen LogP contribution in [0.3, 0.4) is 0 Å². The Balaban J connectivity index is 2.63. The summed E-state index contributed by atoms with van der Waals surface area (Å²) in [6.45, 7) is 0. The van der Waals surface area contributed by atoms with Gasteiger partial charge in [0.1, 0.15) is 5.15 Å². The van der Waals surface area contributed by atoms with Gasteiger partial charge in [-0.05, 0) is 18.8 Å². The molecule has 0 saturated heterocycles. The summed E-state index contributed by atoms with van der Waals surface area (Å²) in [4.78, 5) is 26.4. The Hall–Kier alpha value is -1.23. The Morgan fingerprint density at radius 1 is 1.29 bits per heavy atom. The first kappa shape index (κ1) is 12.2. The first-order valence-electron chi connectivity index (χ1n) is 5.74. The minimum atomic E-state index is -0.494. The van der Waals surface area contributed by atoms with E-state index in [1.807, 2.05) is 0 Å². The molecule has 1 fully saturated rings. The zero-order chi connectivity index (χ0) is 12.6. The van der Waals surface area contributed by atoms with Gasteiger partial charge in [0.25, 0.3) is 5.56 Å². The van der Waals surface area contributed by atoms with Crippen LogP contribution in [0.5, 0.6) is 0 Å². The molecule has 0 atom stereocenters. The molecule has 2 rings (SSSR count). The molecule has 94 valence electrons. The lowest BCUT2D eigenvalue weighted by Gasteiger charge is -2.18. The number of nitrogens with one attached hydrogen (secondary N) is 1. The number of halogens is 1. The van der Waals surface area contributed by atoms with Crippen LogP contribution >= 0.6 is 11.6 Å². The van der Waals surface area contributed by atoms with E-state index in [1.54, 1.807) is 14.1 Å². The molecule has 0 unspecified atom stereocenters. The van der Waals surface area contributed by atoms with Crippen LogP contribution in [0, 0.1) is 0 Å². The van der Waals surface area contributed by atoms with E-state index in [9.17, 15) is 9.59 Å². The van der Waals surface area contributed by atoms with E-state index in [4.69, 9.17) is 11.6 Å². The summed E-state index contributed by atoms with van der Waals surface area (Å²) in [5.74, 6) is 0.179. The summed E-state index contributed by atoms with van der Waals surface area (Å²) in [5.41, 5.74) is -0.236. The van der Waals surface area contributed by atoms with Gasteiger partial charge in [-0.2, -0.15) is 4.68 Å². The predicted octanol–water partition coefficient (Wildman–Crippen LogP) is 1.05. The topological polar surface area (TPSA) is 58.1 Å². The van der Waals surface area contributed by atoms with E-state index in [-0.39, 0.29) is 16.6 Å². The highest BCUT2D eigenvalue weighted by Crippen LogP contribution is 2.34. The number of hydrogen-bond donors (Lipinski definition) is 1. The number of nitrogens with zero attached hydrogens (tertiary/aromatic N) is 2. The summed E-state index contributed by atoms with van der Waals surface area (Å²) < 4.78 is 1.08. The standard InChI is InChI=1S/C11H16ClN3O2/c1-14(2)15-10(16)8(7-5-3-4-6-7)9(12)13-11(15)17/h7H,3-6H2,1-2H3,(H,13,17). The van der Waals surface area contributed by atoms with Gasteiger partial charge in [0.2, 0.25) is 0 Å². The summed E-state index contributed by atoms with van der Waals surface area (Å²) in [5, 5.41) is 1.67. The van der Waals surface area contributed by atoms with Gasteiger partial charge < -0.3 is 5.01 Å². The molecular weight excluding hydrogens is 242 g/mol. The van der Waals surface area contributed by atoms with Crippen LogP contribution in [0.25, 0.3) is 0 Å². The lowest BCUT2D eigenvalue weighted by atomic mass is 10.0. The summed E-state index contributed by atoms with van der Waals surface area (Å²) >= 11 is 6.00. The molecule has 0 radical (unpaired) electrons. The van der Waals surface area contributed by atoms with Crippen molar-refractivity contribution in [3.8, 4) is 0 Å². The lowest BCUT2D eigenvalue weighted by Crippen LogP contribution is -2.48. The molecule has 0 aliphatic heterocycles. The van der Waals surface area contributed by atoms with Gasteiger partial charge in [-0.3, -0.25) is 9.78 Å². The smallest absolute Gasteiger partial charge is 0.312 e. The fraction of sp³-hybridized carbons (Fsp3) is 0.636. The molecule has 1 heterocycles. The molecule has 1 aromatic rings. The first-order chi connectivity index (χ1) is 8.02. The monoisotopic (exact) mass is 257 g/mol. The fourth-order valence-corrected chi connectivity index (χ4v) is 2.76. The molecule has 0 aromatic carbocycles. The highest BCUT2D eigenvalue weighted by molar-refractivity contribution is 6.30. The van der Waals surface area contributed by atoms with Crippen LogP contribution in [0.2, 0.25) is 5.15 Å². The molecule has 5 nitrogen and oxygen atoms in total. The van der Waals surface area contributed by atoms with Gasteiger partial charge in [-0.15, -0.1) is 0 Å². The SMILES string of the molecule is CN(C)n1c(=O)[nH]c(Cl)c(C2CCCC2)c1=O. The van der Waals surface area contributed by atoms with Crippen LogP contribution in [0.15, 0.2) is 9.59 Å².